The number of rotatable bonds is 5. The number of carbonyl (C=O) groups is 2. The van der Waals surface area contributed by atoms with Crippen LogP contribution >= 0.6 is 0 Å². The van der Waals surface area contributed by atoms with Gasteiger partial charge >= 0.3 is 5.97 Å². The van der Waals surface area contributed by atoms with Gasteiger partial charge in [0, 0.05) is 12.1 Å². The lowest BCUT2D eigenvalue weighted by molar-refractivity contribution is 0.0733. The predicted octanol–water partition coefficient (Wildman–Crippen LogP) is 3.71. The van der Waals surface area contributed by atoms with Crippen LogP contribution in [0.25, 0.3) is 0 Å². The van der Waals surface area contributed by atoms with Gasteiger partial charge in [-0.3, -0.25) is 4.79 Å². The van der Waals surface area contributed by atoms with Gasteiger partial charge in [-0.05, 0) is 48.0 Å². The van der Waals surface area contributed by atoms with Gasteiger partial charge in [-0.25, -0.2) is 4.79 Å². The molecule has 0 spiro atoms. The van der Waals surface area contributed by atoms with Crippen LogP contribution in [0, 0.1) is 11.3 Å². The number of nitrogens with zero attached hydrogens (tertiary/aromatic N) is 1. The van der Waals surface area contributed by atoms with Gasteiger partial charge in [0.15, 0.2) is 0 Å². The van der Waals surface area contributed by atoms with Crippen molar-refractivity contribution >= 4 is 11.9 Å². The standard InChI is InChI=1S/C22H16N2O3/c23-14-16-9-11-18(12-10-16)22(26)27-20-8-4-7-19(13-20)21(25)24-15-17-5-2-1-3-6-17/h1-13H,15H2,(H,24,25). The zero-order valence-corrected chi connectivity index (χ0v) is 14.4. The Kier molecular flexibility index (Phi) is 5.60. The van der Waals surface area contributed by atoms with Crippen molar-refractivity contribution in [1.82, 2.24) is 5.32 Å². The summed E-state index contributed by atoms with van der Waals surface area (Å²) in [6, 6.07) is 24.1. The Morgan fingerprint density at radius 1 is 0.889 bits per heavy atom. The molecule has 1 N–H and O–H groups in total. The second kappa shape index (κ2) is 8.45. The molecule has 0 fully saturated rings. The highest BCUT2D eigenvalue weighted by Gasteiger charge is 2.11. The molecule has 5 nitrogen and oxygen atoms in total. The molecule has 0 radical (unpaired) electrons. The average Bonchev–Trinajstić information content (AvgIpc) is 2.73. The van der Waals surface area contributed by atoms with Crippen molar-refractivity contribution in [3.05, 3.63) is 101 Å². The summed E-state index contributed by atoms with van der Waals surface area (Å²) in [5.74, 6) is -0.534. The van der Waals surface area contributed by atoms with Gasteiger partial charge < -0.3 is 10.1 Å². The zero-order chi connectivity index (χ0) is 19.1. The fourth-order valence-electron chi connectivity index (χ4n) is 2.43. The van der Waals surface area contributed by atoms with E-state index in [9.17, 15) is 9.59 Å². The molecule has 3 aromatic carbocycles. The predicted molar refractivity (Wildman–Crippen MR) is 100 cm³/mol. The van der Waals surface area contributed by atoms with E-state index in [2.05, 4.69) is 5.32 Å². The zero-order valence-electron chi connectivity index (χ0n) is 14.4. The molecule has 132 valence electrons. The summed E-state index contributed by atoms with van der Waals surface area (Å²) < 4.78 is 5.33. The van der Waals surface area contributed by atoms with Crippen LogP contribution in [0.1, 0.15) is 31.8 Å². The number of nitrogens with one attached hydrogen (secondary N) is 1. The SMILES string of the molecule is N#Cc1ccc(C(=O)Oc2cccc(C(=O)NCc3ccccc3)c2)cc1. The number of amides is 1. The Bertz CT molecular complexity index is 990. The summed E-state index contributed by atoms with van der Waals surface area (Å²) in [5.41, 5.74) is 2.18. The van der Waals surface area contributed by atoms with Crippen molar-refractivity contribution in [2.75, 3.05) is 0 Å². The Labute approximate surface area is 156 Å². The first-order chi connectivity index (χ1) is 13.2. The van der Waals surface area contributed by atoms with Crippen LogP contribution in [0.3, 0.4) is 0 Å². The third-order valence-corrected chi connectivity index (χ3v) is 3.85. The molecule has 0 aliphatic rings. The molecule has 3 rings (SSSR count). The molecule has 0 heterocycles. The Morgan fingerprint density at radius 2 is 1.63 bits per heavy atom. The smallest absolute Gasteiger partial charge is 0.343 e. The highest BCUT2D eigenvalue weighted by atomic mass is 16.5. The lowest BCUT2D eigenvalue weighted by Gasteiger charge is -2.08. The second-order valence-electron chi connectivity index (χ2n) is 5.77. The fraction of sp³-hybridized carbons (Fsp3) is 0.0455. The number of hydrogen-bond donors (Lipinski definition) is 1. The first kappa shape index (κ1) is 17.9. The molecule has 0 atom stereocenters. The van der Waals surface area contributed by atoms with Gasteiger partial charge in [-0.2, -0.15) is 5.26 Å². The normalized spacial score (nSPS) is 9.89. The van der Waals surface area contributed by atoms with Gasteiger partial charge in [0.2, 0.25) is 0 Å². The van der Waals surface area contributed by atoms with E-state index in [0.29, 0.717) is 23.2 Å². The van der Waals surface area contributed by atoms with E-state index in [1.807, 2.05) is 36.4 Å². The van der Waals surface area contributed by atoms with Gasteiger partial charge in [-0.15, -0.1) is 0 Å². The lowest BCUT2D eigenvalue weighted by Crippen LogP contribution is -2.22. The summed E-state index contributed by atoms with van der Waals surface area (Å²) in [6.45, 7) is 0.412. The molecular weight excluding hydrogens is 340 g/mol. The van der Waals surface area contributed by atoms with E-state index in [1.165, 1.54) is 18.2 Å². The van der Waals surface area contributed by atoms with Crippen LogP contribution < -0.4 is 10.1 Å². The van der Waals surface area contributed by atoms with Gasteiger partial charge in [0.25, 0.3) is 5.91 Å². The van der Waals surface area contributed by atoms with Gasteiger partial charge in [0.1, 0.15) is 5.75 Å². The summed E-state index contributed by atoms with van der Waals surface area (Å²) >= 11 is 0. The Hall–Kier alpha value is -3.91. The minimum absolute atomic E-state index is 0.255. The second-order valence-corrected chi connectivity index (χ2v) is 5.77. The Morgan fingerprint density at radius 3 is 2.33 bits per heavy atom. The van der Waals surface area contributed by atoms with Crippen LogP contribution in [0.15, 0.2) is 78.9 Å². The van der Waals surface area contributed by atoms with Crippen molar-refractivity contribution in [3.8, 4) is 11.8 Å². The van der Waals surface area contributed by atoms with Crippen LogP contribution in [-0.4, -0.2) is 11.9 Å². The number of hydrogen-bond acceptors (Lipinski definition) is 4. The number of ether oxygens (including phenoxy) is 1. The molecule has 0 aromatic heterocycles. The number of carbonyl (C=O) groups excluding carboxylic acids is 2. The molecule has 0 aliphatic heterocycles. The minimum atomic E-state index is -0.554. The molecule has 0 aliphatic carbocycles. The van der Waals surface area contributed by atoms with E-state index in [4.69, 9.17) is 10.00 Å². The van der Waals surface area contributed by atoms with E-state index in [1.54, 1.807) is 30.3 Å². The van der Waals surface area contributed by atoms with Crippen molar-refractivity contribution < 1.29 is 14.3 Å². The van der Waals surface area contributed by atoms with Crippen molar-refractivity contribution in [3.63, 3.8) is 0 Å². The third-order valence-electron chi connectivity index (χ3n) is 3.85. The first-order valence-electron chi connectivity index (χ1n) is 8.30. The molecule has 5 heteroatoms. The summed E-state index contributed by atoms with van der Waals surface area (Å²) in [4.78, 5) is 24.5. The van der Waals surface area contributed by atoms with Crippen molar-refractivity contribution in [1.29, 1.82) is 5.26 Å². The minimum Gasteiger partial charge on any atom is -0.423 e. The summed E-state index contributed by atoms with van der Waals surface area (Å²) in [5, 5.41) is 11.6. The molecule has 0 saturated heterocycles. The molecule has 1 amide bonds. The molecule has 27 heavy (non-hydrogen) atoms. The molecule has 0 unspecified atom stereocenters. The number of esters is 1. The number of benzene rings is 3. The fourth-order valence-corrected chi connectivity index (χ4v) is 2.43. The first-order valence-corrected chi connectivity index (χ1v) is 8.30. The van der Waals surface area contributed by atoms with E-state index in [0.717, 1.165) is 5.56 Å². The molecule has 0 bridgehead atoms. The molecule has 3 aromatic rings. The number of nitriles is 1. The quantitative estimate of drug-likeness (QED) is 0.558. The summed E-state index contributed by atoms with van der Waals surface area (Å²) in [6.07, 6.45) is 0. The van der Waals surface area contributed by atoms with E-state index < -0.39 is 5.97 Å². The topological polar surface area (TPSA) is 79.2 Å². The van der Waals surface area contributed by atoms with Crippen molar-refractivity contribution in [2.24, 2.45) is 0 Å². The highest BCUT2D eigenvalue weighted by Crippen LogP contribution is 2.16. The maximum atomic E-state index is 12.3. The van der Waals surface area contributed by atoms with Crippen LogP contribution in [0.5, 0.6) is 5.75 Å². The average molecular weight is 356 g/mol. The summed E-state index contributed by atoms with van der Waals surface area (Å²) in [7, 11) is 0. The lowest BCUT2D eigenvalue weighted by atomic mass is 10.1. The molecular formula is C22H16N2O3. The molecule has 0 saturated carbocycles. The largest absolute Gasteiger partial charge is 0.423 e. The van der Waals surface area contributed by atoms with Gasteiger partial charge in [0.05, 0.1) is 17.2 Å². The highest BCUT2D eigenvalue weighted by molar-refractivity contribution is 5.95. The monoisotopic (exact) mass is 356 g/mol. The third kappa shape index (κ3) is 4.80. The van der Waals surface area contributed by atoms with Crippen LogP contribution in [0.2, 0.25) is 0 Å². The Balaban J connectivity index is 1.64. The van der Waals surface area contributed by atoms with Crippen molar-refractivity contribution in [2.45, 2.75) is 6.54 Å². The van der Waals surface area contributed by atoms with Gasteiger partial charge in [-0.1, -0.05) is 36.4 Å². The maximum Gasteiger partial charge on any atom is 0.343 e. The van der Waals surface area contributed by atoms with E-state index >= 15 is 0 Å². The maximum absolute atomic E-state index is 12.3. The van der Waals surface area contributed by atoms with Crippen LogP contribution in [0.4, 0.5) is 0 Å². The van der Waals surface area contributed by atoms with E-state index in [-0.39, 0.29) is 11.7 Å². The van der Waals surface area contributed by atoms with Crippen LogP contribution in [-0.2, 0) is 6.54 Å².